The molecule has 0 fully saturated rings. The van der Waals surface area contributed by atoms with E-state index in [-0.39, 0.29) is 12.0 Å². The van der Waals surface area contributed by atoms with E-state index < -0.39 is 0 Å². The molecule has 1 aliphatic rings. The van der Waals surface area contributed by atoms with Crippen molar-refractivity contribution in [2.75, 3.05) is 6.54 Å². The number of ether oxygens (including phenoxy) is 1. The van der Waals surface area contributed by atoms with Crippen molar-refractivity contribution >= 4 is 16.7 Å². The maximum absolute atomic E-state index is 12.0. The van der Waals surface area contributed by atoms with Gasteiger partial charge in [-0.25, -0.2) is 0 Å². The first-order chi connectivity index (χ1) is 8.78. The minimum Gasteiger partial charge on any atom is -0.488 e. The van der Waals surface area contributed by atoms with Gasteiger partial charge in [-0.3, -0.25) is 4.79 Å². The largest absolute Gasteiger partial charge is 0.488 e. The fraction of sp³-hybridized carbons (Fsp3) is 0.267. The minimum atomic E-state index is -0.0493. The van der Waals surface area contributed by atoms with Gasteiger partial charge >= 0.3 is 0 Å². The zero-order valence-corrected chi connectivity index (χ0v) is 10.3. The van der Waals surface area contributed by atoms with Gasteiger partial charge in [0.05, 0.1) is 12.1 Å². The van der Waals surface area contributed by atoms with Crippen LogP contribution in [0.5, 0.6) is 5.75 Å². The summed E-state index contributed by atoms with van der Waals surface area (Å²) in [6.07, 6.45) is 0.934. The van der Waals surface area contributed by atoms with Crippen LogP contribution >= 0.6 is 0 Å². The molecule has 0 aliphatic carbocycles. The Labute approximate surface area is 106 Å². The molecule has 3 rings (SSSR count). The van der Waals surface area contributed by atoms with Crippen LogP contribution < -0.4 is 10.1 Å². The normalized spacial score (nSPS) is 18.7. The number of amides is 1. The summed E-state index contributed by atoms with van der Waals surface area (Å²) >= 11 is 0. The van der Waals surface area contributed by atoms with Crippen LogP contribution in [0.1, 0.15) is 23.7 Å². The Morgan fingerprint density at radius 2 is 2.00 bits per heavy atom. The van der Waals surface area contributed by atoms with Crippen molar-refractivity contribution in [2.45, 2.75) is 19.4 Å². The maximum Gasteiger partial charge on any atom is 0.255 e. The van der Waals surface area contributed by atoms with Gasteiger partial charge in [-0.05, 0) is 29.3 Å². The third-order valence-corrected chi connectivity index (χ3v) is 3.33. The Hall–Kier alpha value is -2.03. The van der Waals surface area contributed by atoms with E-state index in [1.807, 2.05) is 36.4 Å². The van der Waals surface area contributed by atoms with Crippen LogP contribution in [0.2, 0.25) is 0 Å². The van der Waals surface area contributed by atoms with Crippen molar-refractivity contribution < 1.29 is 9.53 Å². The third kappa shape index (κ3) is 1.82. The Morgan fingerprint density at radius 1 is 1.28 bits per heavy atom. The number of benzene rings is 2. The van der Waals surface area contributed by atoms with E-state index >= 15 is 0 Å². The van der Waals surface area contributed by atoms with E-state index in [4.69, 9.17) is 4.74 Å². The third-order valence-electron chi connectivity index (χ3n) is 3.33. The first kappa shape index (κ1) is 11.1. The highest BCUT2D eigenvalue weighted by atomic mass is 16.5. The summed E-state index contributed by atoms with van der Waals surface area (Å²) in [6, 6.07) is 11.9. The summed E-state index contributed by atoms with van der Waals surface area (Å²) in [6.45, 7) is 2.63. The molecule has 0 saturated carbocycles. The van der Waals surface area contributed by atoms with Crippen LogP contribution in [0.3, 0.4) is 0 Å². The smallest absolute Gasteiger partial charge is 0.255 e. The van der Waals surface area contributed by atoms with Gasteiger partial charge in [0, 0.05) is 0 Å². The molecular weight excluding hydrogens is 226 g/mol. The Kier molecular flexibility index (Phi) is 2.67. The number of carbonyl (C=O) groups is 1. The first-order valence-corrected chi connectivity index (χ1v) is 6.25. The highest BCUT2D eigenvalue weighted by Gasteiger charge is 2.21. The van der Waals surface area contributed by atoms with E-state index in [1.54, 1.807) is 0 Å². The minimum absolute atomic E-state index is 0.0493. The molecular formula is C15H15NO2. The highest BCUT2D eigenvalue weighted by molar-refractivity contribution is 6.01. The molecule has 0 saturated heterocycles. The lowest BCUT2D eigenvalue weighted by atomic mass is 10.1. The van der Waals surface area contributed by atoms with Gasteiger partial charge < -0.3 is 10.1 Å². The van der Waals surface area contributed by atoms with Crippen LogP contribution in [-0.2, 0) is 0 Å². The summed E-state index contributed by atoms with van der Waals surface area (Å²) in [5, 5.41) is 5.06. The molecule has 1 N–H and O–H groups in total. The molecule has 0 spiro atoms. The van der Waals surface area contributed by atoms with E-state index in [0.717, 1.165) is 17.2 Å². The number of hydrogen-bond acceptors (Lipinski definition) is 2. The van der Waals surface area contributed by atoms with Crippen molar-refractivity contribution in [2.24, 2.45) is 0 Å². The van der Waals surface area contributed by atoms with E-state index in [1.165, 1.54) is 0 Å². The molecule has 92 valence electrons. The van der Waals surface area contributed by atoms with Crippen molar-refractivity contribution in [1.29, 1.82) is 0 Å². The molecule has 1 atom stereocenters. The molecule has 0 aromatic heterocycles. The van der Waals surface area contributed by atoms with Crippen LogP contribution in [-0.4, -0.2) is 18.6 Å². The first-order valence-electron chi connectivity index (χ1n) is 6.25. The monoisotopic (exact) mass is 241 g/mol. The molecule has 1 heterocycles. The van der Waals surface area contributed by atoms with Gasteiger partial charge in [0.25, 0.3) is 5.91 Å². The number of nitrogens with one attached hydrogen (secondary N) is 1. The van der Waals surface area contributed by atoms with E-state index in [9.17, 15) is 4.79 Å². The fourth-order valence-electron chi connectivity index (χ4n) is 2.25. The van der Waals surface area contributed by atoms with Crippen molar-refractivity contribution in [3.05, 3.63) is 42.0 Å². The van der Waals surface area contributed by atoms with E-state index in [2.05, 4.69) is 12.2 Å². The molecule has 3 nitrogen and oxygen atoms in total. The predicted molar refractivity (Wildman–Crippen MR) is 71.0 cm³/mol. The van der Waals surface area contributed by atoms with Crippen molar-refractivity contribution in [3.63, 3.8) is 0 Å². The molecule has 0 radical (unpaired) electrons. The standard InChI is InChI=1S/C15H15NO2/c1-2-12-9-16-15(17)13-7-10-5-3-4-6-11(10)8-14(13)18-12/h3-8,12H,2,9H2,1H3,(H,16,17)/t12-/m1/s1. The molecule has 1 aliphatic heterocycles. The second-order valence-corrected chi connectivity index (χ2v) is 4.55. The topological polar surface area (TPSA) is 38.3 Å². The molecule has 18 heavy (non-hydrogen) atoms. The van der Waals surface area contributed by atoms with Gasteiger partial charge in [-0.15, -0.1) is 0 Å². The average Bonchev–Trinajstić information content (AvgIpc) is 2.56. The Morgan fingerprint density at radius 3 is 2.72 bits per heavy atom. The summed E-state index contributed by atoms with van der Waals surface area (Å²) in [4.78, 5) is 12.0. The SMILES string of the molecule is CC[C@@H]1CNC(=O)c2cc3ccccc3cc2O1. The van der Waals surface area contributed by atoms with Gasteiger partial charge in [-0.1, -0.05) is 31.2 Å². The van der Waals surface area contributed by atoms with Crippen molar-refractivity contribution in [1.82, 2.24) is 5.32 Å². The number of hydrogen-bond donors (Lipinski definition) is 1. The summed E-state index contributed by atoms with van der Waals surface area (Å²) in [7, 11) is 0. The lowest BCUT2D eigenvalue weighted by Crippen LogP contribution is -2.31. The van der Waals surface area contributed by atoms with Crippen LogP contribution in [0, 0.1) is 0 Å². The van der Waals surface area contributed by atoms with Crippen LogP contribution in [0.25, 0.3) is 10.8 Å². The van der Waals surface area contributed by atoms with Crippen LogP contribution in [0.4, 0.5) is 0 Å². The summed E-state index contributed by atoms with van der Waals surface area (Å²) in [5.74, 6) is 0.641. The summed E-state index contributed by atoms with van der Waals surface area (Å²) < 4.78 is 5.90. The molecule has 2 aromatic carbocycles. The molecule has 1 amide bonds. The van der Waals surface area contributed by atoms with Gasteiger partial charge in [0.2, 0.25) is 0 Å². The quantitative estimate of drug-likeness (QED) is 0.833. The van der Waals surface area contributed by atoms with Gasteiger partial charge in [-0.2, -0.15) is 0 Å². The van der Waals surface area contributed by atoms with Crippen molar-refractivity contribution in [3.8, 4) is 5.75 Å². The zero-order chi connectivity index (χ0) is 12.5. The zero-order valence-electron chi connectivity index (χ0n) is 10.3. The number of fused-ring (bicyclic) bond motifs is 2. The van der Waals surface area contributed by atoms with E-state index in [0.29, 0.717) is 17.9 Å². The second kappa shape index (κ2) is 4.33. The maximum atomic E-state index is 12.0. The predicted octanol–water partition coefficient (Wildman–Crippen LogP) is 2.74. The van der Waals surface area contributed by atoms with Gasteiger partial charge in [0.1, 0.15) is 11.9 Å². The Bertz CT molecular complexity index is 606. The summed E-state index contributed by atoms with van der Waals surface area (Å²) in [5.41, 5.74) is 0.629. The second-order valence-electron chi connectivity index (χ2n) is 4.55. The van der Waals surface area contributed by atoms with Crippen LogP contribution in [0.15, 0.2) is 36.4 Å². The Balaban J connectivity index is 2.17. The molecule has 2 aromatic rings. The number of rotatable bonds is 1. The lowest BCUT2D eigenvalue weighted by molar-refractivity contribution is 0.0950. The fourth-order valence-corrected chi connectivity index (χ4v) is 2.25. The molecule has 0 unspecified atom stereocenters. The molecule has 3 heteroatoms. The average molecular weight is 241 g/mol. The number of carbonyl (C=O) groups excluding carboxylic acids is 1. The highest BCUT2D eigenvalue weighted by Crippen LogP contribution is 2.28. The lowest BCUT2D eigenvalue weighted by Gasteiger charge is -2.14. The molecule has 0 bridgehead atoms. The van der Waals surface area contributed by atoms with Gasteiger partial charge in [0.15, 0.2) is 0 Å².